The Morgan fingerprint density at radius 2 is 2.06 bits per heavy atom. The number of furan rings is 1. The fraction of sp³-hybridized carbons (Fsp3) is 0.143. The van der Waals surface area contributed by atoms with E-state index in [1.54, 1.807) is 6.26 Å². The molecular formula is C14H12N2O2. The number of aliphatic hydroxyl groups excluding tert-OH is 1. The minimum atomic E-state index is -0.162. The van der Waals surface area contributed by atoms with Gasteiger partial charge in [0.05, 0.1) is 5.69 Å². The van der Waals surface area contributed by atoms with Crippen molar-refractivity contribution in [3.8, 4) is 11.3 Å². The van der Waals surface area contributed by atoms with Crippen LogP contribution in [0, 0.1) is 6.92 Å². The van der Waals surface area contributed by atoms with Crippen LogP contribution in [0.4, 0.5) is 0 Å². The average Bonchev–Trinajstić information content (AvgIpc) is 2.81. The van der Waals surface area contributed by atoms with Crippen LogP contribution in [-0.4, -0.2) is 15.1 Å². The van der Waals surface area contributed by atoms with Crippen molar-refractivity contribution >= 4 is 11.0 Å². The molecule has 0 spiro atoms. The standard InChI is InChI=1S/C14H12N2O2/c1-9-6-12(16-14(7-17)15-9)11-8-18-13-5-3-2-4-10(11)13/h2-6,8,17H,7H2,1H3. The number of para-hydroxylation sites is 1. The number of fused-ring (bicyclic) bond motifs is 1. The Morgan fingerprint density at radius 1 is 1.22 bits per heavy atom. The van der Waals surface area contributed by atoms with E-state index in [0.717, 1.165) is 27.9 Å². The lowest BCUT2D eigenvalue weighted by atomic mass is 10.1. The molecule has 0 aliphatic carbocycles. The molecule has 2 aromatic heterocycles. The van der Waals surface area contributed by atoms with E-state index in [1.807, 2.05) is 37.3 Å². The molecule has 0 aliphatic rings. The van der Waals surface area contributed by atoms with Crippen LogP contribution in [0.2, 0.25) is 0 Å². The first-order valence-electron chi connectivity index (χ1n) is 5.70. The van der Waals surface area contributed by atoms with E-state index in [-0.39, 0.29) is 6.61 Å². The Bertz CT molecular complexity index is 704. The van der Waals surface area contributed by atoms with Crippen molar-refractivity contribution in [1.29, 1.82) is 0 Å². The summed E-state index contributed by atoms with van der Waals surface area (Å²) in [5.41, 5.74) is 3.35. The normalized spacial score (nSPS) is 11.0. The molecule has 0 amide bonds. The van der Waals surface area contributed by atoms with Crippen LogP contribution < -0.4 is 0 Å². The third kappa shape index (κ3) is 1.76. The average molecular weight is 240 g/mol. The molecule has 3 aromatic rings. The van der Waals surface area contributed by atoms with Crippen molar-refractivity contribution in [3.05, 3.63) is 48.1 Å². The van der Waals surface area contributed by atoms with E-state index >= 15 is 0 Å². The highest BCUT2D eigenvalue weighted by atomic mass is 16.3. The SMILES string of the molecule is Cc1cc(-c2coc3ccccc23)nc(CO)n1. The summed E-state index contributed by atoms with van der Waals surface area (Å²) in [6.45, 7) is 1.72. The molecule has 0 aliphatic heterocycles. The van der Waals surface area contributed by atoms with Gasteiger partial charge < -0.3 is 9.52 Å². The van der Waals surface area contributed by atoms with Gasteiger partial charge in [0.25, 0.3) is 0 Å². The molecule has 0 radical (unpaired) electrons. The van der Waals surface area contributed by atoms with E-state index in [4.69, 9.17) is 9.52 Å². The maximum Gasteiger partial charge on any atom is 0.154 e. The van der Waals surface area contributed by atoms with Crippen LogP contribution in [0.25, 0.3) is 22.2 Å². The van der Waals surface area contributed by atoms with Crippen molar-refractivity contribution in [3.63, 3.8) is 0 Å². The van der Waals surface area contributed by atoms with E-state index in [9.17, 15) is 0 Å². The van der Waals surface area contributed by atoms with E-state index in [1.165, 1.54) is 0 Å². The molecule has 4 nitrogen and oxygen atoms in total. The molecule has 0 fully saturated rings. The second kappa shape index (κ2) is 4.23. The number of benzene rings is 1. The van der Waals surface area contributed by atoms with E-state index in [2.05, 4.69) is 9.97 Å². The maximum absolute atomic E-state index is 9.15. The summed E-state index contributed by atoms with van der Waals surface area (Å²) in [4.78, 5) is 8.47. The largest absolute Gasteiger partial charge is 0.464 e. The number of aliphatic hydroxyl groups is 1. The quantitative estimate of drug-likeness (QED) is 0.748. The van der Waals surface area contributed by atoms with Crippen LogP contribution in [0.5, 0.6) is 0 Å². The third-order valence-electron chi connectivity index (χ3n) is 2.80. The van der Waals surface area contributed by atoms with Gasteiger partial charge in [-0.2, -0.15) is 0 Å². The van der Waals surface area contributed by atoms with Crippen LogP contribution in [0.3, 0.4) is 0 Å². The molecule has 0 atom stereocenters. The number of hydrogen-bond acceptors (Lipinski definition) is 4. The zero-order chi connectivity index (χ0) is 12.5. The fourth-order valence-corrected chi connectivity index (χ4v) is 2.01. The van der Waals surface area contributed by atoms with Gasteiger partial charge >= 0.3 is 0 Å². The molecule has 1 aromatic carbocycles. The molecule has 1 N–H and O–H groups in total. The summed E-state index contributed by atoms with van der Waals surface area (Å²) in [5, 5.41) is 10.2. The van der Waals surface area contributed by atoms with Crippen molar-refractivity contribution < 1.29 is 9.52 Å². The Hall–Kier alpha value is -2.20. The molecule has 0 saturated carbocycles. The zero-order valence-corrected chi connectivity index (χ0v) is 9.92. The highest BCUT2D eigenvalue weighted by molar-refractivity contribution is 5.92. The lowest BCUT2D eigenvalue weighted by molar-refractivity contribution is 0.271. The molecular weight excluding hydrogens is 228 g/mol. The second-order valence-electron chi connectivity index (χ2n) is 4.11. The number of hydrogen-bond donors (Lipinski definition) is 1. The third-order valence-corrected chi connectivity index (χ3v) is 2.80. The summed E-state index contributed by atoms with van der Waals surface area (Å²) in [7, 11) is 0. The Labute approximate surface area is 104 Å². The molecule has 4 heteroatoms. The van der Waals surface area contributed by atoms with Gasteiger partial charge in [-0.1, -0.05) is 18.2 Å². The molecule has 0 saturated heterocycles. The summed E-state index contributed by atoms with van der Waals surface area (Å²) in [6, 6.07) is 9.68. The van der Waals surface area contributed by atoms with Gasteiger partial charge in [-0.3, -0.25) is 0 Å². The highest BCUT2D eigenvalue weighted by Crippen LogP contribution is 2.29. The van der Waals surface area contributed by atoms with Gasteiger partial charge in [-0.05, 0) is 19.1 Å². The number of rotatable bonds is 2. The van der Waals surface area contributed by atoms with Crippen molar-refractivity contribution in [2.45, 2.75) is 13.5 Å². The van der Waals surface area contributed by atoms with Crippen molar-refractivity contribution in [1.82, 2.24) is 9.97 Å². The lowest BCUT2D eigenvalue weighted by Crippen LogP contribution is -1.98. The summed E-state index contributed by atoms with van der Waals surface area (Å²) in [5.74, 6) is 0.426. The van der Waals surface area contributed by atoms with Gasteiger partial charge in [-0.15, -0.1) is 0 Å². The molecule has 3 rings (SSSR count). The van der Waals surface area contributed by atoms with Gasteiger partial charge in [0.15, 0.2) is 5.82 Å². The predicted octanol–water partition coefficient (Wildman–Crippen LogP) is 2.69. The summed E-state index contributed by atoms with van der Waals surface area (Å²) in [6.07, 6.45) is 1.69. The minimum Gasteiger partial charge on any atom is -0.464 e. The van der Waals surface area contributed by atoms with Crippen LogP contribution >= 0.6 is 0 Å². The lowest BCUT2D eigenvalue weighted by Gasteiger charge is -2.02. The van der Waals surface area contributed by atoms with E-state index < -0.39 is 0 Å². The number of aryl methyl sites for hydroxylation is 1. The Balaban J connectivity index is 2.22. The smallest absolute Gasteiger partial charge is 0.154 e. The van der Waals surface area contributed by atoms with Crippen molar-refractivity contribution in [2.24, 2.45) is 0 Å². The summed E-state index contributed by atoms with van der Waals surface area (Å²) >= 11 is 0. The Kier molecular flexibility index (Phi) is 2.57. The Morgan fingerprint density at radius 3 is 2.89 bits per heavy atom. The first kappa shape index (κ1) is 10.9. The van der Waals surface area contributed by atoms with Gasteiger partial charge in [0.2, 0.25) is 0 Å². The van der Waals surface area contributed by atoms with Gasteiger partial charge in [-0.25, -0.2) is 9.97 Å². The number of nitrogens with zero attached hydrogens (tertiary/aromatic N) is 2. The second-order valence-corrected chi connectivity index (χ2v) is 4.11. The molecule has 0 bridgehead atoms. The first-order valence-corrected chi connectivity index (χ1v) is 5.70. The zero-order valence-electron chi connectivity index (χ0n) is 9.92. The molecule has 0 unspecified atom stereocenters. The molecule has 90 valence electrons. The topological polar surface area (TPSA) is 59.2 Å². The van der Waals surface area contributed by atoms with Crippen molar-refractivity contribution in [2.75, 3.05) is 0 Å². The predicted molar refractivity (Wildman–Crippen MR) is 67.9 cm³/mol. The highest BCUT2D eigenvalue weighted by Gasteiger charge is 2.10. The van der Waals surface area contributed by atoms with Crippen LogP contribution in [-0.2, 0) is 6.61 Å². The van der Waals surface area contributed by atoms with Crippen LogP contribution in [0.15, 0.2) is 41.0 Å². The molecule has 18 heavy (non-hydrogen) atoms. The fourth-order valence-electron chi connectivity index (χ4n) is 2.01. The number of aromatic nitrogens is 2. The first-order chi connectivity index (χ1) is 8.78. The monoisotopic (exact) mass is 240 g/mol. The molecule has 2 heterocycles. The van der Waals surface area contributed by atoms with Gasteiger partial charge in [0.1, 0.15) is 18.5 Å². The van der Waals surface area contributed by atoms with Crippen LogP contribution in [0.1, 0.15) is 11.5 Å². The maximum atomic E-state index is 9.15. The summed E-state index contributed by atoms with van der Waals surface area (Å²) < 4.78 is 5.49. The van der Waals surface area contributed by atoms with Gasteiger partial charge in [0, 0.05) is 16.6 Å². The van der Waals surface area contributed by atoms with E-state index in [0.29, 0.717) is 5.82 Å². The minimum absolute atomic E-state index is 0.162.